The molecule has 3 aliphatic rings. The highest BCUT2D eigenvalue weighted by atomic mass is 16.4. The molecular weight excluding hydrogens is 732 g/mol. The summed E-state index contributed by atoms with van der Waals surface area (Å²) in [6.45, 7) is 10.3. The van der Waals surface area contributed by atoms with Crippen LogP contribution < -0.4 is 21.3 Å². The van der Waals surface area contributed by atoms with Crippen molar-refractivity contribution >= 4 is 29.5 Å². The van der Waals surface area contributed by atoms with Crippen LogP contribution in [0.25, 0.3) is 0 Å². The van der Waals surface area contributed by atoms with Crippen LogP contribution in [0.1, 0.15) is 120 Å². The second-order valence-corrected chi connectivity index (χ2v) is 15.9. The largest absolute Gasteiger partial charge is 0.455 e. The Morgan fingerprint density at radius 3 is 2.35 bits per heavy atom. The summed E-state index contributed by atoms with van der Waals surface area (Å²) in [5.74, 6) is -1.00. The minimum Gasteiger partial charge on any atom is -0.455 e. The van der Waals surface area contributed by atoms with Crippen LogP contribution in [0.15, 0.2) is 68.2 Å². The average molecular weight is 783 g/mol. The van der Waals surface area contributed by atoms with Crippen LogP contribution in [-0.2, 0) is 22.6 Å². The van der Waals surface area contributed by atoms with E-state index in [1.165, 1.54) is 17.4 Å². The summed E-state index contributed by atoms with van der Waals surface area (Å²) >= 11 is 0. The second-order valence-electron chi connectivity index (χ2n) is 15.9. The summed E-state index contributed by atoms with van der Waals surface area (Å²) < 4.78 is 17.4. The van der Waals surface area contributed by atoms with Crippen LogP contribution in [0.3, 0.4) is 0 Å². The molecule has 16 nitrogen and oxygen atoms in total. The van der Waals surface area contributed by atoms with Gasteiger partial charge in [0.05, 0.1) is 6.54 Å². The van der Waals surface area contributed by atoms with Crippen LogP contribution in [-0.4, -0.2) is 87.1 Å². The van der Waals surface area contributed by atoms with Gasteiger partial charge in [0.15, 0.2) is 17.1 Å². The molecule has 3 aromatic heterocycles. The Kier molecular flexibility index (Phi) is 11.9. The van der Waals surface area contributed by atoms with Crippen LogP contribution in [0.4, 0.5) is 0 Å². The van der Waals surface area contributed by atoms with Crippen molar-refractivity contribution in [2.45, 2.75) is 96.6 Å². The van der Waals surface area contributed by atoms with Gasteiger partial charge < -0.3 is 39.4 Å². The van der Waals surface area contributed by atoms with Crippen molar-refractivity contribution in [3.63, 3.8) is 0 Å². The van der Waals surface area contributed by atoms with Gasteiger partial charge in [0, 0.05) is 19.0 Å². The fourth-order valence-electron chi connectivity index (χ4n) is 7.61. The van der Waals surface area contributed by atoms with Gasteiger partial charge in [-0.2, -0.15) is 0 Å². The zero-order chi connectivity index (χ0) is 40.2. The number of oxazole rings is 2. The van der Waals surface area contributed by atoms with Crippen molar-refractivity contribution in [3.8, 4) is 0 Å². The van der Waals surface area contributed by atoms with Crippen LogP contribution >= 0.6 is 0 Å². The molecule has 57 heavy (non-hydrogen) atoms. The third kappa shape index (κ3) is 9.44. The lowest BCUT2D eigenvalue weighted by molar-refractivity contribution is -0.126. The standard InChI is InChI=1S/C41H50N8O8/c1-23(2)16-29-35(50)42-25(4)39-47-32(22-55-39)41(54)49-19-27(43-38(53)34-11-10-28(57-34)20-48-14-12-24(3)13-15-48)18-33(49)37(52)45-30(17-26-8-6-5-7-9-26)40-46-31(21-56-40)36(51)44-29/h5-11,21-25,27,29-30,33H,12-20H2,1-4H3,(H,42,50)(H,43,53)(H,44,51)(H,45,52)/t25-,27+,29-,30+,33+/m1/s1. The average Bonchev–Trinajstić information content (AvgIpc) is 4.02. The number of furan rings is 1. The van der Waals surface area contributed by atoms with Crippen molar-refractivity contribution in [1.29, 1.82) is 0 Å². The maximum absolute atomic E-state index is 14.3. The summed E-state index contributed by atoms with van der Waals surface area (Å²) in [4.78, 5) is 81.5. The molecule has 5 amide bonds. The zero-order valence-corrected chi connectivity index (χ0v) is 32.7. The summed E-state index contributed by atoms with van der Waals surface area (Å²) in [7, 11) is 0. The van der Waals surface area contributed by atoms with E-state index in [1.54, 1.807) is 19.1 Å². The lowest BCUT2D eigenvalue weighted by Crippen LogP contribution is -2.48. The first-order valence-electron chi connectivity index (χ1n) is 19.7. The van der Waals surface area contributed by atoms with Crippen molar-refractivity contribution < 1.29 is 37.2 Å². The van der Waals surface area contributed by atoms with Gasteiger partial charge in [-0.25, -0.2) is 9.97 Å². The minimum absolute atomic E-state index is 0.0137. The number of fused-ring (bicyclic) bond motifs is 5. The molecule has 2 saturated heterocycles. The van der Waals surface area contributed by atoms with Crippen molar-refractivity contribution in [2.75, 3.05) is 19.6 Å². The number of nitrogens with one attached hydrogen (secondary N) is 4. The Balaban J connectivity index is 1.16. The predicted molar refractivity (Wildman–Crippen MR) is 204 cm³/mol. The Morgan fingerprint density at radius 1 is 0.877 bits per heavy atom. The Bertz CT molecular complexity index is 2070. The number of likely N-dealkylation sites (tertiary alicyclic amines) is 1. The highest BCUT2D eigenvalue weighted by Crippen LogP contribution is 2.26. The van der Waals surface area contributed by atoms with Gasteiger partial charge in [0.1, 0.15) is 42.5 Å². The van der Waals surface area contributed by atoms with Crippen molar-refractivity contribution in [1.82, 2.24) is 41.0 Å². The fourth-order valence-corrected chi connectivity index (χ4v) is 7.61. The van der Waals surface area contributed by atoms with Crippen molar-refractivity contribution in [3.05, 3.63) is 95.2 Å². The van der Waals surface area contributed by atoms with E-state index in [1.807, 2.05) is 44.2 Å². The minimum atomic E-state index is -1.06. The summed E-state index contributed by atoms with van der Waals surface area (Å²) in [6, 6.07) is 8.55. The van der Waals surface area contributed by atoms with E-state index in [9.17, 15) is 24.0 Å². The smallest absolute Gasteiger partial charge is 0.287 e. The predicted octanol–water partition coefficient (Wildman–Crippen LogP) is 3.94. The number of aromatic nitrogens is 2. The molecule has 7 rings (SSSR count). The zero-order valence-electron chi connectivity index (χ0n) is 32.7. The molecule has 4 aromatic rings. The molecule has 0 aliphatic carbocycles. The SMILES string of the molecule is CC(C)C[C@H]1NC(=O)c2coc(n2)[C@H](Cc2ccccc2)NC(=O)[C@@H]2C[C@H](NC(=O)c3ccc(CN4CCC(C)CC4)o3)CN2C(=O)c2coc(n2)[C@@H](C)NC1=O. The van der Waals surface area contributed by atoms with Gasteiger partial charge in [0.25, 0.3) is 17.7 Å². The number of carbonyl (C=O) groups excluding carboxylic acids is 5. The van der Waals surface area contributed by atoms with E-state index in [0.717, 1.165) is 31.5 Å². The van der Waals surface area contributed by atoms with Gasteiger partial charge in [-0.15, -0.1) is 0 Å². The Labute approximate surface area is 330 Å². The molecule has 4 bridgehead atoms. The first-order valence-corrected chi connectivity index (χ1v) is 19.7. The van der Waals surface area contributed by atoms with Gasteiger partial charge in [-0.3, -0.25) is 28.9 Å². The molecule has 3 aliphatic heterocycles. The third-order valence-electron chi connectivity index (χ3n) is 10.8. The Hall–Kier alpha value is -5.77. The number of hydrogen-bond donors (Lipinski definition) is 4. The van der Waals surface area contributed by atoms with Gasteiger partial charge >= 0.3 is 0 Å². The molecule has 16 heteroatoms. The van der Waals surface area contributed by atoms with Gasteiger partial charge in [-0.1, -0.05) is 51.1 Å². The maximum Gasteiger partial charge on any atom is 0.287 e. The number of carbonyl (C=O) groups is 5. The molecule has 1 aromatic carbocycles. The molecule has 0 radical (unpaired) electrons. The molecule has 0 unspecified atom stereocenters. The molecule has 0 saturated carbocycles. The number of piperidine rings is 1. The van der Waals surface area contributed by atoms with E-state index >= 15 is 0 Å². The van der Waals surface area contributed by atoms with Crippen LogP contribution in [0.2, 0.25) is 0 Å². The molecule has 4 N–H and O–H groups in total. The van der Waals surface area contributed by atoms with Gasteiger partial charge in [0.2, 0.25) is 23.6 Å². The van der Waals surface area contributed by atoms with E-state index < -0.39 is 59.7 Å². The van der Waals surface area contributed by atoms with Crippen LogP contribution in [0, 0.1) is 11.8 Å². The molecule has 302 valence electrons. The number of nitrogens with zero attached hydrogens (tertiary/aromatic N) is 4. The lowest BCUT2D eigenvalue weighted by Gasteiger charge is -2.29. The molecule has 5 atom stereocenters. The van der Waals surface area contributed by atoms with Crippen molar-refractivity contribution in [2.24, 2.45) is 11.8 Å². The third-order valence-corrected chi connectivity index (χ3v) is 10.8. The molecule has 0 spiro atoms. The highest BCUT2D eigenvalue weighted by Gasteiger charge is 2.43. The van der Waals surface area contributed by atoms with E-state index in [4.69, 9.17) is 13.3 Å². The number of hydrogen-bond acceptors (Lipinski definition) is 11. The molecule has 6 heterocycles. The summed E-state index contributed by atoms with van der Waals surface area (Å²) in [5, 5.41) is 11.6. The summed E-state index contributed by atoms with van der Waals surface area (Å²) in [5.41, 5.74) is 0.701. The first kappa shape index (κ1) is 39.5. The second kappa shape index (κ2) is 17.2. The lowest BCUT2D eigenvalue weighted by atomic mass is 9.99. The molecule has 2 fully saturated rings. The van der Waals surface area contributed by atoms with E-state index in [0.29, 0.717) is 24.6 Å². The first-order chi connectivity index (χ1) is 27.4. The van der Waals surface area contributed by atoms with Crippen LogP contribution in [0.5, 0.6) is 0 Å². The quantitative estimate of drug-likeness (QED) is 0.202. The Morgan fingerprint density at radius 2 is 1.60 bits per heavy atom. The topological polar surface area (TPSA) is 205 Å². The van der Waals surface area contributed by atoms with E-state index in [2.05, 4.69) is 43.1 Å². The monoisotopic (exact) mass is 782 g/mol. The normalized spacial score (nSPS) is 24.0. The fraction of sp³-hybridized carbons (Fsp3) is 0.488. The maximum atomic E-state index is 14.3. The number of amides is 5. The molecular formula is C41H50N8O8. The van der Waals surface area contributed by atoms with E-state index in [-0.39, 0.29) is 54.2 Å². The highest BCUT2D eigenvalue weighted by molar-refractivity contribution is 5.98. The number of rotatable bonds is 8. The summed E-state index contributed by atoms with van der Waals surface area (Å²) in [6.07, 6.45) is 5.25. The number of benzene rings is 1. The van der Waals surface area contributed by atoms with Gasteiger partial charge in [-0.05, 0) is 75.2 Å².